The molecule has 0 aliphatic carbocycles. The van der Waals surface area contributed by atoms with Gasteiger partial charge in [-0.05, 0) is 0 Å². The Balaban J connectivity index is 2.06. The van der Waals surface area contributed by atoms with Crippen molar-refractivity contribution in [3.63, 3.8) is 0 Å². The number of carbonyl (C=O) groups is 2. The molecule has 1 unspecified atom stereocenters. The maximum atomic E-state index is 11.9. The molecule has 2 saturated heterocycles. The number of methoxy groups -OCH3 is 1. The third-order valence-electron chi connectivity index (χ3n) is 3.41. The molecular weight excluding hydrogens is 252 g/mol. The van der Waals surface area contributed by atoms with E-state index in [9.17, 15) is 9.59 Å². The van der Waals surface area contributed by atoms with Crippen LogP contribution in [0.3, 0.4) is 0 Å². The molecule has 2 heterocycles. The molecule has 0 N–H and O–H groups in total. The highest BCUT2D eigenvalue weighted by atomic mass is 16.6. The predicted molar refractivity (Wildman–Crippen MR) is 65.6 cm³/mol. The lowest BCUT2D eigenvalue weighted by Gasteiger charge is -2.42. The van der Waals surface area contributed by atoms with E-state index in [4.69, 9.17) is 14.2 Å². The lowest BCUT2D eigenvalue weighted by molar-refractivity contribution is -0.163. The van der Waals surface area contributed by atoms with Crippen molar-refractivity contribution in [1.82, 2.24) is 9.80 Å². The lowest BCUT2D eigenvalue weighted by Crippen LogP contribution is -2.60. The number of rotatable bonds is 2. The van der Waals surface area contributed by atoms with E-state index < -0.39 is 5.60 Å². The van der Waals surface area contributed by atoms with E-state index in [1.807, 2.05) is 0 Å². The minimum Gasteiger partial charge on any atom is -0.375 e. The third kappa shape index (κ3) is 3.23. The summed E-state index contributed by atoms with van der Waals surface area (Å²) in [4.78, 5) is 26.8. The molecule has 2 amide bonds. The average Bonchev–Trinajstić information content (AvgIpc) is 2.50. The number of nitrogens with zero attached hydrogens (tertiary/aromatic N) is 2. The third-order valence-corrected chi connectivity index (χ3v) is 3.41. The van der Waals surface area contributed by atoms with Crippen LogP contribution in [-0.2, 0) is 23.8 Å². The van der Waals surface area contributed by atoms with Gasteiger partial charge >= 0.3 is 0 Å². The summed E-state index contributed by atoms with van der Waals surface area (Å²) in [6.45, 7) is 2.29. The molecule has 7 heteroatoms. The minimum absolute atomic E-state index is 0.0612. The van der Waals surface area contributed by atoms with Gasteiger partial charge in [0.15, 0.2) is 0 Å². The number of morpholine rings is 1. The van der Waals surface area contributed by atoms with Gasteiger partial charge in [-0.3, -0.25) is 9.59 Å². The maximum absolute atomic E-state index is 11.9. The van der Waals surface area contributed by atoms with Gasteiger partial charge in [-0.2, -0.15) is 0 Å². The molecule has 0 bridgehead atoms. The summed E-state index contributed by atoms with van der Waals surface area (Å²) in [7, 11) is 3.22. The van der Waals surface area contributed by atoms with Gasteiger partial charge in [0.05, 0.1) is 26.3 Å². The first-order valence-electron chi connectivity index (χ1n) is 6.29. The number of amides is 2. The molecule has 2 aliphatic rings. The lowest BCUT2D eigenvalue weighted by atomic mass is 10.0. The molecule has 0 aromatic rings. The highest BCUT2D eigenvalue weighted by molar-refractivity contribution is 5.78. The van der Waals surface area contributed by atoms with E-state index in [0.717, 1.165) is 0 Å². The van der Waals surface area contributed by atoms with E-state index in [1.54, 1.807) is 16.8 Å². The van der Waals surface area contributed by atoms with Gasteiger partial charge in [0.2, 0.25) is 11.8 Å². The van der Waals surface area contributed by atoms with Gasteiger partial charge in [-0.1, -0.05) is 0 Å². The minimum atomic E-state index is -0.622. The fraction of sp³-hybridized carbons (Fsp3) is 0.833. The van der Waals surface area contributed by atoms with Crippen LogP contribution in [0.5, 0.6) is 0 Å². The predicted octanol–water partition coefficient (Wildman–Crippen LogP) is -1.28. The molecule has 0 radical (unpaired) electrons. The number of hydrogen-bond acceptors (Lipinski definition) is 5. The summed E-state index contributed by atoms with van der Waals surface area (Å²) in [5.74, 6) is -0.135. The first kappa shape index (κ1) is 14.2. The normalized spacial score (nSPS) is 28.6. The van der Waals surface area contributed by atoms with Gasteiger partial charge in [-0.15, -0.1) is 0 Å². The van der Waals surface area contributed by atoms with Crippen LogP contribution in [0.4, 0.5) is 0 Å². The van der Waals surface area contributed by atoms with Crippen LogP contribution >= 0.6 is 0 Å². The highest BCUT2D eigenvalue weighted by Gasteiger charge is 2.42. The quantitative estimate of drug-likeness (QED) is 0.626. The van der Waals surface area contributed by atoms with Crippen LogP contribution in [0, 0.1) is 0 Å². The van der Waals surface area contributed by atoms with Crippen LogP contribution in [0.2, 0.25) is 0 Å². The van der Waals surface area contributed by atoms with Gasteiger partial charge in [-0.25, -0.2) is 0 Å². The Hall–Kier alpha value is -1.18. The summed E-state index contributed by atoms with van der Waals surface area (Å²) in [6, 6.07) is 0. The fourth-order valence-corrected chi connectivity index (χ4v) is 2.46. The van der Waals surface area contributed by atoms with Crippen LogP contribution in [0.1, 0.15) is 0 Å². The zero-order valence-electron chi connectivity index (χ0n) is 11.4. The zero-order chi connectivity index (χ0) is 13.9. The Kier molecular flexibility index (Phi) is 4.38. The van der Waals surface area contributed by atoms with Crippen molar-refractivity contribution in [1.29, 1.82) is 0 Å². The number of ether oxygens (including phenoxy) is 3. The molecule has 1 spiro atoms. The van der Waals surface area contributed by atoms with Gasteiger partial charge in [0.25, 0.3) is 0 Å². The summed E-state index contributed by atoms with van der Waals surface area (Å²) < 4.78 is 16.1. The van der Waals surface area contributed by atoms with E-state index >= 15 is 0 Å². The number of hydrogen-bond donors (Lipinski definition) is 0. The molecular formula is C12H20N2O5. The summed E-state index contributed by atoms with van der Waals surface area (Å²) in [5, 5.41) is 0. The van der Waals surface area contributed by atoms with Crippen molar-refractivity contribution in [3.05, 3.63) is 0 Å². The molecule has 2 aliphatic heterocycles. The molecule has 7 nitrogen and oxygen atoms in total. The fourth-order valence-electron chi connectivity index (χ4n) is 2.46. The molecule has 0 saturated carbocycles. The monoisotopic (exact) mass is 272 g/mol. The van der Waals surface area contributed by atoms with E-state index in [0.29, 0.717) is 32.8 Å². The van der Waals surface area contributed by atoms with Crippen molar-refractivity contribution in [2.75, 3.05) is 60.2 Å². The van der Waals surface area contributed by atoms with Crippen LogP contribution in [-0.4, -0.2) is 87.4 Å². The van der Waals surface area contributed by atoms with Gasteiger partial charge < -0.3 is 24.0 Å². The number of carbonyl (C=O) groups excluding carboxylic acids is 2. The first-order valence-corrected chi connectivity index (χ1v) is 6.29. The van der Waals surface area contributed by atoms with Crippen LogP contribution < -0.4 is 0 Å². The second-order valence-electron chi connectivity index (χ2n) is 5.02. The molecule has 2 rings (SSSR count). The summed E-state index contributed by atoms with van der Waals surface area (Å²) in [5.41, 5.74) is -0.622. The van der Waals surface area contributed by atoms with Crippen LogP contribution in [0.15, 0.2) is 0 Å². The van der Waals surface area contributed by atoms with E-state index in [1.165, 1.54) is 7.11 Å². The smallest absolute Gasteiger partial charge is 0.248 e. The molecule has 0 aromatic carbocycles. The second kappa shape index (κ2) is 5.85. The SMILES string of the molecule is COCC(=O)N1CCOC2(COCC(=O)N(C)C2)C1. The Labute approximate surface area is 112 Å². The first-order chi connectivity index (χ1) is 9.06. The number of likely N-dealkylation sites (N-methyl/N-ethyl adjacent to an activating group) is 1. The molecule has 108 valence electrons. The maximum Gasteiger partial charge on any atom is 0.248 e. The molecule has 1 atom stereocenters. The standard InChI is InChI=1S/C12H20N2O5/c1-13-7-12(9-18-6-10(13)15)8-14(3-4-19-12)11(16)5-17-2/h3-9H2,1-2H3. The Bertz CT molecular complexity index is 362. The van der Waals surface area contributed by atoms with Crippen molar-refractivity contribution in [2.24, 2.45) is 0 Å². The highest BCUT2D eigenvalue weighted by Crippen LogP contribution is 2.22. The van der Waals surface area contributed by atoms with Crippen LogP contribution in [0.25, 0.3) is 0 Å². The molecule has 2 fully saturated rings. The largest absolute Gasteiger partial charge is 0.375 e. The average molecular weight is 272 g/mol. The summed E-state index contributed by atoms with van der Waals surface area (Å²) >= 11 is 0. The van der Waals surface area contributed by atoms with Crippen molar-refractivity contribution in [2.45, 2.75) is 5.60 Å². The molecule has 0 aromatic heterocycles. The Morgan fingerprint density at radius 1 is 1.47 bits per heavy atom. The van der Waals surface area contributed by atoms with Gasteiger partial charge in [0.1, 0.15) is 18.8 Å². The topological polar surface area (TPSA) is 68.3 Å². The second-order valence-corrected chi connectivity index (χ2v) is 5.02. The Morgan fingerprint density at radius 3 is 3.00 bits per heavy atom. The van der Waals surface area contributed by atoms with Crippen molar-refractivity contribution >= 4 is 11.8 Å². The van der Waals surface area contributed by atoms with E-state index in [-0.39, 0.29) is 25.0 Å². The van der Waals surface area contributed by atoms with Crippen molar-refractivity contribution < 1.29 is 23.8 Å². The van der Waals surface area contributed by atoms with Crippen molar-refractivity contribution in [3.8, 4) is 0 Å². The Morgan fingerprint density at radius 2 is 2.26 bits per heavy atom. The van der Waals surface area contributed by atoms with E-state index in [2.05, 4.69) is 0 Å². The zero-order valence-corrected chi connectivity index (χ0v) is 11.4. The molecule has 19 heavy (non-hydrogen) atoms. The summed E-state index contributed by atoms with van der Waals surface area (Å²) in [6.07, 6.45) is 0. The van der Waals surface area contributed by atoms with Gasteiger partial charge in [0, 0.05) is 20.7 Å².